The Morgan fingerprint density at radius 2 is 1.30 bits per heavy atom. The zero-order valence-electron chi connectivity index (χ0n) is 44.3. The van der Waals surface area contributed by atoms with Gasteiger partial charge in [-0.2, -0.15) is 18.6 Å². The number of ketones is 4. The number of benzene rings is 2. The van der Waals surface area contributed by atoms with E-state index in [1.54, 1.807) is 91.9 Å². The van der Waals surface area contributed by atoms with Crippen molar-refractivity contribution in [2.75, 3.05) is 13.1 Å². The number of carboxylic acids is 1. The number of hydrogen-bond donors (Lipinski definition) is 3. The third-order valence-corrected chi connectivity index (χ3v) is 13.8. The average Bonchev–Trinajstić information content (AvgIpc) is 4.20. The summed E-state index contributed by atoms with van der Waals surface area (Å²) in [7, 11) is 0. The van der Waals surface area contributed by atoms with Gasteiger partial charge in [0.15, 0.2) is 23.1 Å². The Morgan fingerprint density at radius 3 is 1.84 bits per heavy atom. The van der Waals surface area contributed by atoms with Gasteiger partial charge in [-0.1, -0.05) is 18.2 Å². The Balaban J connectivity index is 0.000000243. The number of nitrogens with zero attached hydrogens (tertiary/aromatic N) is 10. The SMILES string of the molecule is CC(=O)c1cn(CC(=O)N2C[C@H](F)CC2C(=O)Cc2cccc(Br)n2)c2cc(O)c(-c3cnc(C)nc3)cc12.CC(=O)c1nn(CC(=O)O)c2ccc(-c3cnc(C)nc3)cc12.Cl.O=C(Cc1cccc(Br)n1)C1C[C@@H](F)CN1.S.S=S. The number of phenolic OH excluding ortho intramolecular Hbond substituents is 1. The number of halogens is 5. The molecule has 1 amide bonds. The van der Waals surface area contributed by atoms with Crippen LogP contribution in [0.3, 0.4) is 0 Å². The summed E-state index contributed by atoms with van der Waals surface area (Å²) in [4.78, 5) is 99.9. The lowest BCUT2D eigenvalue weighted by Gasteiger charge is -2.24. The zero-order valence-corrected chi connectivity index (χ0v) is 50.9. The number of rotatable bonds is 14. The van der Waals surface area contributed by atoms with Gasteiger partial charge in [0.25, 0.3) is 0 Å². The molecule has 2 fully saturated rings. The topological polar surface area (TPSA) is 258 Å². The third kappa shape index (κ3) is 16.7. The van der Waals surface area contributed by atoms with Crippen LogP contribution in [0, 0.1) is 13.8 Å². The number of carboxylic acid groups (broad SMARTS) is 1. The number of hydrogen-bond acceptors (Lipinski definition) is 17. The van der Waals surface area contributed by atoms with Gasteiger partial charge in [0.2, 0.25) is 5.91 Å². The summed E-state index contributed by atoms with van der Waals surface area (Å²) in [6.07, 6.45) is 6.34. The number of aliphatic carboxylic acids is 1. The fourth-order valence-corrected chi connectivity index (χ4v) is 9.91. The van der Waals surface area contributed by atoms with Crippen molar-refractivity contribution in [1.29, 1.82) is 0 Å². The monoisotopic (exact) mass is 1320 g/mol. The van der Waals surface area contributed by atoms with Crippen molar-refractivity contribution in [3.8, 4) is 28.0 Å². The van der Waals surface area contributed by atoms with Gasteiger partial charge in [0.1, 0.15) is 57.7 Å². The molecule has 27 heteroatoms. The molecule has 0 spiro atoms. The van der Waals surface area contributed by atoms with Crippen LogP contribution in [0.2, 0.25) is 0 Å². The van der Waals surface area contributed by atoms with E-state index in [4.69, 9.17) is 5.11 Å². The molecular formula is C55H54Br2ClF2N11O8S3. The number of aryl methyl sites for hydroxylation is 2. The second-order valence-electron chi connectivity index (χ2n) is 18.7. The van der Waals surface area contributed by atoms with E-state index in [0.717, 1.165) is 11.1 Å². The first-order valence-electron chi connectivity index (χ1n) is 24.6. The van der Waals surface area contributed by atoms with E-state index in [2.05, 4.69) is 94.6 Å². The molecule has 8 heterocycles. The van der Waals surface area contributed by atoms with Crippen LogP contribution in [-0.2, 0) is 67.5 Å². The summed E-state index contributed by atoms with van der Waals surface area (Å²) < 4.78 is 31.5. The standard InChI is InChI=1S/C28H25BrFN5O4.C16H14N4O3.C11H12BrFN2O.ClH.S2.H2S/c1-15(36)22-13-34(23-9-25(37)20(8-21(22)23)17-10-31-16(2)32-11-17)14-28(39)35-12-18(30)6-24(35)26(38)7-19-4-3-5-27(29)33-19;1-9(21)16-13-5-11(12-6-17-10(2)18-7-12)3-4-14(13)20(19-16)8-15(22)23;12-11-3-1-2-8(15-11)5-10(16)9-4-7(13)6-14-9;;1-2;/h3-5,8-11,13,18,24,37H,6-7,12,14H2,1-2H3;3-7H,8H2,1-2H3,(H,22,23);1-3,7,9,14H,4-6H2;1H;;1H2/t18-,24?;;7-,9?;;;/m1.1.../s1. The van der Waals surface area contributed by atoms with Crippen molar-refractivity contribution in [2.24, 2.45) is 0 Å². The number of fused-ring (bicyclic) bond motifs is 2. The second kappa shape index (κ2) is 30.0. The fraction of sp³-hybridized carbons (Fsp3) is 0.291. The minimum absolute atomic E-state index is 0. The quantitative estimate of drug-likeness (QED) is 0.0681. The van der Waals surface area contributed by atoms with E-state index in [1.807, 2.05) is 18.2 Å². The molecule has 0 radical (unpaired) electrons. The maximum atomic E-state index is 14.5. The number of likely N-dealkylation sites (tertiary alicyclic amines) is 1. The highest BCUT2D eigenvalue weighted by molar-refractivity contribution is 9.10. The Kier molecular flexibility index (Phi) is 24.1. The lowest BCUT2D eigenvalue weighted by Crippen LogP contribution is -2.42. The van der Waals surface area contributed by atoms with E-state index >= 15 is 0 Å². The van der Waals surface area contributed by atoms with Crippen molar-refractivity contribution in [2.45, 2.75) is 90.9 Å². The van der Waals surface area contributed by atoms with E-state index in [-0.39, 0.29) is 118 Å². The van der Waals surface area contributed by atoms with E-state index in [1.165, 1.54) is 29.5 Å². The van der Waals surface area contributed by atoms with E-state index in [0.29, 0.717) is 70.7 Å². The van der Waals surface area contributed by atoms with Crippen LogP contribution in [0.4, 0.5) is 8.78 Å². The largest absolute Gasteiger partial charge is 0.507 e. The molecule has 10 rings (SSSR count). The summed E-state index contributed by atoms with van der Waals surface area (Å²) in [5.74, 6) is -1.01. The number of alkyl halides is 2. The van der Waals surface area contributed by atoms with Gasteiger partial charge in [-0.25, -0.2) is 38.7 Å². The van der Waals surface area contributed by atoms with Gasteiger partial charge < -0.3 is 25.0 Å². The second-order valence-corrected chi connectivity index (χ2v) is 20.3. The molecule has 430 valence electrons. The van der Waals surface area contributed by atoms with E-state index < -0.39 is 30.3 Å². The average molecular weight is 1330 g/mol. The number of carbonyl (C=O) groups excluding carboxylic acids is 5. The Morgan fingerprint density at radius 1 is 0.720 bits per heavy atom. The number of aromatic nitrogens is 9. The van der Waals surface area contributed by atoms with Gasteiger partial charge in [-0.05, 0) is 101 Å². The molecular weight excluding hydrogens is 1270 g/mol. The molecule has 2 saturated heterocycles. The molecule has 6 aromatic heterocycles. The normalized spacial score (nSPS) is 16.0. The number of pyridine rings is 2. The molecule has 2 unspecified atom stereocenters. The van der Waals surface area contributed by atoms with Crippen LogP contribution in [0.1, 0.15) is 70.6 Å². The maximum absolute atomic E-state index is 14.5. The van der Waals surface area contributed by atoms with Gasteiger partial charge in [-0.15, -0.1) is 12.4 Å². The molecule has 2 aliphatic heterocycles. The lowest BCUT2D eigenvalue weighted by atomic mass is 10.0. The van der Waals surface area contributed by atoms with Gasteiger partial charge in [0, 0.05) is 130 Å². The number of carbonyl (C=O) groups is 6. The first kappa shape index (κ1) is 66.0. The molecule has 3 N–H and O–H groups in total. The molecule has 8 aromatic rings. The van der Waals surface area contributed by atoms with Crippen molar-refractivity contribution in [3.63, 3.8) is 0 Å². The summed E-state index contributed by atoms with van der Waals surface area (Å²) in [5.41, 5.74) is 5.61. The molecule has 4 atom stereocenters. The predicted octanol–water partition coefficient (Wildman–Crippen LogP) is 8.50. The molecule has 82 heavy (non-hydrogen) atoms. The molecule has 0 saturated carbocycles. The van der Waals surface area contributed by atoms with Crippen LogP contribution in [0.25, 0.3) is 44.1 Å². The van der Waals surface area contributed by atoms with Crippen molar-refractivity contribution in [1.82, 2.24) is 54.5 Å². The van der Waals surface area contributed by atoms with Gasteiger partial charge in [0.05, 0.1) is 42.5 Å². The fourth-order valence-electron chi connectivity index (χ4n) is 9.14. The first-order valence-corrected chi connectivity index (χ1v) is 27.6. The molecule has 0 aliphatic carbocycles. The van der Waals surface area contributed by atoms with E-state index in [9.17, 15) is 42.7 Å². The highest BCUT2D eigenvalue weighted by Gasteiger charge is 2.40. The van der Waals surface area contributed by atoms with Crippen LogP contribution in [0.15, 0.2) is 107 Å². The van der Waals surface area contributed by atoms with Crippen LogP contribution in [0.5, 0.6) is 5.75 Å². The Labute approximate surface area is 509 Å². The number of Topliss-reactive ketones (excluding diaryl/α,β-unsaturated/α-hetero) is 4. The van der Waals surface area contributed by atoms with Gasteiger partial charge >= 0.3 is 5.97 Å². The lowest BCUT2D eigenvalue weighted by molar-refractivity contribution is -0.138. The van der Waals surface area contributed by atoms with Gasteiger partial charge in [-0.3, -0.25) is 33.4 Å². The Bertz CT molecular complexity index is 3640. The molecule has 19 nitrogen and oxygen atoms in total. The summed E-state index contributed by atoms with van der Waals surface area (Å²) >= 11 is 13.9. The Hall–Kier alpha value is -6.81. The van der Waals surface area contributed by atoms with Crippen molar-refractivity contribution >= 4 is 137 Å². The maximum Gasteiger partial charge on any atom is 0.325 e. The summed E-state index contributed by atoms with van der Waals surface area (Å²) in [5, 5.41) is 28.0. The zero-order chi connectivity index (χ0) is 57.9. The number of phenols is 1. The van der Waals surface area contributed by atoms with Crippen LogP contribution in [-0.4, -0.2) is 132 Å². The minimum atomic E-state index is -1.32. The predicted molar refractivity (Wildman–Crippen MR) is 322 cm³/mol. The van der Waals surface area contributed by atoms with Crippen LogP contribution >= 0.6 is 57.8 Å². The molecule has 2 aromatic carbocycles. The highest BCUT2D eigenvalue weighted by Crippen LogP contribution is 2.36. The van der Waals surface area contributed by atoms with Crippen LogP contribution < -0.4 is 5.32 Å². The van der Waals surface area contributed by atoms with Crippen molar-refractivity contribution in [3.05, 3.63) is 141 Å². The van der Waals surface area contributed by atoms with Crippen molar-refractivity contribution < 1.29 is 47.8 Å². The summed E-state index contributed by atoms with van der Waals surface area (Å²) in [6.45, 7) is 5.94. The molecule has 2 aliphatic rings. The highest BCUT2D eigenvalue weighted by atomic mass is 79.9. The third-order valence-electron chi connectivity index (χ3n) is 12.9. The molecule has 0 bridgehead atoms. The minimum Gasteiger partial charge on any atom is -0.507 e. The number of nitrogens with one attached hydrogen (secondary N) is 1. The summed E-state index contributed by atoms with van der Waals surface area (Å²) in [6, 6.07) is 17.9. The number of aromatic hydroxyl groups is 1. The first-order chi connectivity index (χ1) is 38.2. The smallest absolute Gasteiger partial charge is 0.325 e. The number of amides is 1.